The SMILES string of the molecule is Clc1ccccc1-c1cc(Br)ccn1. The number of halogens is 2. The van der Waals surface area contributed by atoms with Gasteiger partial charge in [-0.25, -0.2) is 0 Å². The van der Waals surface area contributed by atoms with E-state index >= 15 is 0 Å². The van der Waals surface area contributed by atoms with Crippen molar-refractivity contribution < 1.29 is 0 Å². The van der Waals surface area contributed by atoms with Gasteiger partial charge in [0.15, 0.2) is 0 Å². The van der Waals surface area contributed by atoms with Gasteiger partial charge in [-0.1, -0.05) is 45.7 Å². The Balaban J connectivity index is 2.55. The van der Waals surface area contributed by atoms with E-state index in [0.717, 1.165) is 20.8 Å². The number of nitrogens with zero attached hydrogens (tertiary/aromatic N) is 1. The molecule has 0 aliphatic carbocycles. The minimum Gasteiger partial charge on any atom is -0.256 e. The van der Waals surface area contributed by atoms with Crippen molar-refractivity contribution in [2.75, 3.05) is 0 Å². The molecule has 0 saturated carbocycles. The molecule has 2 aromatic rings. The lowest BCUT2D eigenvalue weighted by atomic mass is 10.1. The molecule has 0 aliphatic heterocycles. The molecule has 0 saturated heterocycles. The smallest absolute Gasteiger partial charge is 0.0728 e. The van der Waals surface area contributed by atoms with Gasteiger partial charge in [-0.05, 0) is 18.2 Å². The zero-order valence-corrected chi connectivity index (χ0v) is 9.59. The van der Waals surface area contributed by atoms with Crippen molar-refractivity contribution in [1.82, 2.24) is 4.98 Å². The van der Waals surface area contributed by atoms with E-state index < -0.39 is 0 Å². The molecule has 3 heteroatoms. The molecule has 0 unspecified atom stereocenters. The predicted octanol–water partition coefficient (Wildman–Crippen LogP) is 4.16. The highest BCUT2D eigenvalue weighted by Gasteiger charge is 2.03. The highest BCUT2D eigenvalue weighted by atomic mass is 79.9. The van der Waals surface area contributed by atoms with Crippen molar-refractivity contribution in [3.8, 4) is 11.3 Å². The molecule has 2 rings (SSSR count). The topological polar surface area (TPSA) is 12.9 Å². The van der Waals surface area contributed by atoms with E-state index in [1.807, 2.05) is 36.4 Å². The summed E-state index contributed by atoms with van der Waals surface area (Å²) < 4.78 is 1.00. The summed E-state index contributed by atoms with van der Waals surface area (Å²) in [6.07, 6.45) is 1.75. The van der Waals surface area contributed by atoms with Gasteiger partial charge >= 0.3 is 0 Å². The van der Waals surface area contributed by atoms with Gasteiger partial charge in [0.2, 0.25) is 0 Å². The van der Waals surface area contributed by atoms with Crippen molar-refractivity contribution in [1.29, 1.82) is 0 Å². The first-order chi connectivity index (χ1) is 6.77. The summed E-state index contributed by atoms with van der Waals surface area (Å²) in [6.45, 7) is 0. The standard InChI is InChI=1S/C11H7BrClN/c12-8-5-6-14-11(7-8)9-3-1-2-4-10(9)13/h1-7H. The lowest BCUT2D eigenvalue weighted by Crippen LogP contribution is -1.83. The Bertz CT molecular complexity index is 457. The van der Waals surface area contributed by atoms with Gasteiger partial charge in [0.1, 0.15) is 0 Å². The van der Waals surface area contributed by atoms with Crippen molar-refractivity contribution in [3.63, 3.8) is 0 Å². The van der Waals surface area contributed by atoms with E-state index in [1.165, 1.54) is 0 Å². The minimum atomic E-state index is 0.720. The summed E-state index contributed by atoms with van der Waals surface area (Å²) in [5.74, 6) is 0. The lowest BCUT2D eigenvalue weighted by Gasteiger charge is -2.02. The summed E-state index contributed by atoms with van der Waals surface area (Å²) in [6, 6.07) is 11.5. The number of hydrogen-bond acceptors (Lipinski definition) is 1. The summed E-state index contributed by atoms with van der Waals surface area (Å²) in [4.78, 5) is 4.26. The Morgan fingerprint density at radius 1 is 1.14 bits per heavy atom. The van der Waals surface area contributed by atoms with Crippen LogP contribution in [0.3, 0.4) is 0 Å². The van der Waals surface area contributed by atoms with Crippen LogP contribution in [0.15, 0.2) is 47.1 Å². The zero-order valence-electron chi connectivity index (χ0n) is 7.24. The molecule has 1 nitrogen and oxygen atoms in total. The Hall–Kier alpha value is -0.860. The largest absolute Gasteiger partial charge is 0.256 e. The average molecular weight is 269 g/mol. The number of aromatic nitrogens is 1. The molecule has 70 valence electrons. The Labute approximate surface area is 95.9 Å². The quantitative estimate of drug-likeness (QED) is 0.756. The predicted molar refractivity (Wildman–Crippen MR) is 62.4 cm³/mol. The summed E-state index contributed by atoms with van der Waals surface area (Å²) in [7, 11) is 0. The fraction of sp³-hybridized carbons (Fsp3) is 0. The summed E-state index contributed by atoms with van der Waals surface area (Å²) in [5.41, 5.74) is 1.83. The Morgan fingerprint density at radius 3 is 2.64 bits per heavy atom. The van der Waals surface area contributed by atoms with Crippen LogP contribution in [0.2, 0.25) is 5.02 Å². The van der Waals surface area contributed by atoms with Crippen LogP contribution in [0.5, 0.6) is 0 Å². The molecule has 0 radical (unpaired) electrons. The van der Waals surface area contributed by atoms with Gasteiger partial charge in [0, 0.05) is 21.3 Å². The molecule has 14 heavy (non-hydrogen) atoms. The van der Waals surface area contributed by atoms with Crippen LogP contribution in [-0.2, 0) is 0 Å². The summed E-state index contributed by atoms with van der Waals surface area (Å²) >= 11 is 9.46. The van der Waals surface area contributed by atoms with Crippen LogP contribution in [0.25, 0.3) is 11.3 Å². The number of hydrogen-bond donors (Lipinski definition) is 0. The number of rotatable bonds is 1. The molecule has 0 bridgehead atoms. The molecule has 0 aliphatic rings. The van der Waals surface area contributed by atoms with Gasteiger partial charge in [0.25, 0.3) is 0 Å². The van der Waals surface area contributed by atoms with Crippen LogP contribution >= 0.6 is 27.5 Å². The van der Waals surface area contributed by atoms with Crippen LogP contribution in [-0.4, -0.2) is 4.98 Å². The van der Waals surface area contributed by atoms with Gasteiger partial charge < -0.3 is 0 Å². The third-order valence-corrected chi connectivity index (χ3v) is 2.69. The average Bonchev–Trinajstić information content (AvgIpc) is 2.18. The second kappa shape index (κ2) is 4.11. The van der Waals surface area contributed by atoms with Crippen molar-refractivity contribution in [2.24, 2.45) is 0 Å². The monoisotopic (exact) mass is 267 g/mol. The third-order valence-electron chi connectivity index (χ3n) is 1.87. The van der Waals surface area contributed by atoms with E-state index in [2.05, 4.69) is 20.9 Å². The van der Waals surface area contributed by atoms with Gasteiger partial charge in [0.05, 0.1) is 5.69 Å². The van der Waals surface area contributed by atoms with E-state index in [1.54, 1.807) is 6.20 Å². The maximum Gasteiger partial charge on any atom is 0.0728 e. The fourth-order valence-corrected chi connectivity index (χ4v) is 1.79. The maximum absolute atomic E-state index is 6.06. The third kappa shape index (κ3) is 1.97. The van der Waals surface area contributed by atoms with Crippen LogP contribution in [0, 0.1) is 0 Å². The highest BCUT2D eigenvalue weighted by molar-refractivity contribution is 9.10. The number of benzene rings is 1. The van der Waals surface area contributed by atoms with Gasteiger partial charge in [-0.3, -0.25) is 4.98 Å². The second-order valence-corrected chi connectivity index (χ2v) is 4.16. The van der Waals surface area contributed by atoms with E-state index in [9.17, 15) is 0 Å². The second-order valence-electron chi connectivity index (χ2n) is 2.84. The molecule has 0 amide bonds. The highest BCUT2D eigenvalue weighted by Crippen LogP contribution is 2.27. The molecule has 1 aromatic carbocycles. The lowest BCUT2D eigenvalue weighted by molar-refractivity contribution is 1.31. The molecule has 1 aromatic heterocycles. The maximum atomic E-state index is 6.06. The summed E-state index contributed by atoms with van der Waals surface area (Å²) in [5, 5.41) is 0.720. The first-order valence-corrected chi connectivity index (χ1v) is 5.31. The first kappa shape index (κ1) is 9.69. The molecule has 0 spiro atoms. The van der Waals surface area contributed by atoms with E-state index in [4.69, 9.17) is 11.6 Å². The molecular formula is C11H7BrClN. The Morgan fingerprint density at radius 2 is 1.93 bits per heavy atom. The van der Waals surface area contributed by atoms with Gasteiger partial charge in [-0.15, -0.1) is 0 Å². The van der Waals surface area contributed by atoms with Crippen LogP contribution in [0.4, 0.5) is 0 Å². The molecule has 1 heterocycles. The Kier molecular flexibility index (Phi) is 2.85. The van der Waals surface area contributed by atoms with E-state index in [-0.39, 0.29) is 0 Å². The first-order valence-electron chi connectivity index (χ1n) is 4.14. The van der Waals surface area contributed by atoms with E-state index in [0.29, 0.717) is 0 Å². The fourth-order valence-electron chi connectivity index (χ4n) is 1.22. The molecule has 0 fully saturated rings. The van der Waals surface area contributed by atoms with Crippen molar-refractivity contribution in [3.05, 3.63) is 52.1 Å². The normalized spacial score (nSPS) is 10.1. The van der Waals surface area contributed by atoms with Crippen LogP contribution in [0.1, 0.15) is 0 Å². The minimum absolute atomic E-state index is 0.720. The molecule has 0 atom stereocenters. The van der Waals surface area contributed by atoms with Gasteiger partial charge in [-0.2, -0.15) is 0 Å². The molecular weight excluding hydrogens is 261 g/mol. The van der Waals surface area contributed by atoms with Crippen molar-refractivity contribution in [2.45, 2.75) is 0 Å². The molecule has 0 N–H and O–H groups in total. The van der Waals surface area contributed by atoms with Crippen LogP contribution < -0.4 is 0 Å². The number of pyridine rings is 1. The van der Waals surface area contributed by atoms with Crippen molar-refractivity contribution >= 4 is 27.5 Å². The zero-order chi connectivity index (χ0) is 9.97.